The van der Waals surface area contributed by atoms with E-state index in [0.29, 0.717) is 0 Å². The zero-order valence-electron chi connectivity index (χ0n) is 44.0. The van der Waals surface area contributed by atoms with Crippen molar-refractivity contribution >= 4 is 49.4 Å². The summed E-state index contributed by atoms with van der Waals surface area (Å²) < 4.78 is 0. The number of fused-ring (bicyclic) bond motifs is 7. The summed E-state index contributed by atoms with van der Waals surface area (Å²) in [6.07, 6.45) is 0. The molecule has 1 aliphatic rings. The van der Waals surface area contributed by atoms with Gasteiger partial charge in [-0.25, -0.2) is 0 Å². The Morgan fingerprint density at radius 1 is 0.212 bits per heavy atom. The summed E-state index contributed by atoms with van der Waals surface area (Å²) in [6.45, 7) is 0. The highest BCUT2D eigenvalue weighted by Gasteiger charge is 2.46. The first-order valence-electron chi connectivity index (χ1n) is 27.7. The van der Waals surface area contributed by atoms with Crippen LogP contribution < -0.4 is 4.90 Å². The average Bonchev–Trinajstić information content (AvgIpc) is 4.00. The van der Waals surface area contributed by atoms with Gasteiger partial charge in [-0.05, 0) is 170 Å². The smallest absolute Gasteiger partial charge is 0.0714 e. The molecule has 0 heterocycles. The summed E-state index contributed by atoms with van der Waals surface area (Å²) in [5.74, 6) is 0. The minimum atomic E-state index is -0.550. The van der Waals surface area contributed by atoms with Gasteiger partial charge in [0, 0.05) is 17.1 Å². The van der Waals surface area contributed by atoms with Gasteiger partial charge in [0.2, 0.25) is 0 Å². The van der Waals surface area contributed by atoms with Crippen LogP contribution in [-0.4, -0.2) is 0 Å². The van der Waals surface area contributed by atoms with E-state index >= 15 is 0 Å². The van der Waals surface area contributed by atoms with Crippen LogP contribution in [0.3, 0.4) is 0 Å². The number of rotatable bonds is 10. The Labute approximate surface area is 467 Å². The molecular formula is C79H53N. The highest BCUT2D eigenvalue weighted by Crippen LogP contribution is 2.57. The summed E-state index contributed by atoms with van der Waals surface area (Å²) in [7, 11) is 0. The number of hydrogen-bond acceptors (Lipinski definition) is 1. The van der Waals surface area contributed by atoms with E-state index in [1.165, 1.54) is 105 Å². The van der Waals surface area contributed by atoms with Crippen LogP contribution in [-0.2, 0) is 5.41 Å². The summed E-state index contributed by atoms with van der Waals surface area (Å²) in [5, 5.41) is 7.47. The number of anilines is 3. The first-order chi connectivity index (χ1) is 39.7. The summed E-state index contributed by atoms with van der Waals surface area (Å²) in [6, 6.07) is 119. The highest BCUT2D eigenvalue weighted by molar-refractivity contribution is 6.22. The molecule has 0 aliphatic heterocycles. The molecule has 15 rings (SSSR count). The van der Waals surface area contributed by atoms with Crippen molar-refractivity contribution in [3.8, 4) is 66.8 Å². The van der Waals surface area contributed by atoms with Crippen LogP contribution in [0, 0.1) is 0 Å². The molecule has 14 aromatic carbocycles. The Hall–Kier alpha value is -10.3. The third-order valence-corrected chi connectivity index (χ3v) is 16.7. The predicted octanol–water partition coefficient (Wildman–Crippen LogP) is 21.3. The normalized spacial score (nSPS) is 12.3. The summed E-state index contributed by atoms with van der Waals surface area (Å²) in [4.78, 5) is 2.46. The van der Waals surface area contributed by atoms with Gasteiger partial charge in [-0.3, -0.25) is 0 Å². The maximum Gasteiger partial charge on any atom is 0.0714 e. The van der Waals surface area contributed by atoms with Gasteiger partial charge < -0.3 is 4.90 Å². The molecule has 374 valence electrons. The molecule has 1 aliphatic carbocycles. The van der Waals surface area contributed by atoms with Crippen molar-refractivity contribution in [2.45, 2.75) is 5.41 Å². The second-order valence-corrected chi connectivity index (χ2v) is 21.1. The van der Waals surface area contributed by atoms with Crippen LogP contribution in [0.4, 0.5) is 17.1 Å². The fourth-order valence-electron chi connectivity index (χ4n) is 13.1. The molecule has 1 heteroatoms. The molecule has 0 atom stereocenters. The lowest BCUT2D eigenvalue weighted by molar-refractivity contribution is 0.768. The van der Waals surface area contributed by atoms with Crippen molar-refractivity contribution in [1.82, 2.24) is 0 Å². The average molecular weight is 1020 g/mol. The van der Waals surface area contributed by atoms with Crippen molar-refractivity contribution < 1.29 is 0 Å². The number of nitrogens with zero attached hydrogens (tertiary/aromatic N) is 1. The maximum atomic E-state index is 2.47. The Balaban J connectivity index is 0.901. The molecular weight excluding hydrogens is 963 g/mol. The minimum Gasteiger partial charge on any atom is -0.310 e. The zero-order chi connectivity index (χ0) is 53.0. The second kappa shape index (κ2) is 19.6. The molecule has 0 N–H and O–H groups in total. The van der Waals surface area contributed by atoms with Crippen LogP contribution in [0.1, 0.15) is 22.3 Å². The van der Waals surface area contributed by atoms with Crippen LogP contribution in [0.15, 0.2) is 322 Å². The lowest BCUT2D eigenvalue weighted by atomic mass is 9.67. The zero-order valence-corrected chi connectivity index (χ0v) is 44.0. The molecule has 0 saturated heterocycles. The SMILES string of the molecule is c1ccc(-c2c(-c3ccccc3)c3cc(-c4cccc(N(c5ccc(-c6ccc(-c7ccc8ccccc8c7)cc6)cc5)c5ccc6c(c5)C(c5ccccc5)(c5ccccc5)c5ccccc5-6)c4)ccc3c3ccccc23)cc1. The van der Waals surface area contributed by atoms with Crippen molar-refractivity contribution in [2.75, 3.05) is 4.90 Å². The van der Waals surface area contributed by atoms with E-state index < -0.39 is 5.41 Å². The molecule has 0 fully saturated rings. The lowest BCUT2D eigenvalue weighted by Crippen LogP contribution is -2.28. The molecule has 0 aromatic heterocycles. The third-order valence-electron chi connectivity index (χ3n) is 16.7. The molecule has 0 amide bonds. The lowest BCUT2D eigenvalue weighted by Gasteiger charge is -2.35. The first kappa shape index (κ1) is 46.9. The van der Waals surface area contributed by atoms with Gasteiger partial charge in [-0.15, -0.1) is 0 Å². The van der Waals surface area contributed by atoms with Crippen LogP contribution in [0.25, 0.3) is 99.1 Å². The molecule has 80 heavy (non-hydrogen) atoms. The fraction of sp³-hybridized carbons (Fsp3) is 0.0127. The van der Waals surface area contributed by atoms with Crippen molar-refractivity contribution in [2.24, 2.45) is 0 Å². The van der Waals surface area contributed by atoms with E-state index in [-0.39, 0.29) is 0 Å². The first-order valence-corrected chi connectivity index (χ1v) is 27.7. The van der Waals surface area contributed by atoms with E-state index in [9.17, 15) is 0 Å². The van der Waals surface area contributed by atoms with Crippen LogP contribution >= 0.6 is 0 Å². The fourth-order valence-corrected chi connectivity index (χ4v) is 13.1. The van der Waals surface area contributed by atoms with E-state index in [0.717, 1.165) is 33.8 Å². The molecule has 14 aromatic rings. The largest absolute Gasteiger partial charge is 0.310 e. The van der Waals surface area contributed by atoms with Gasteiger partial charge in [0.15, 0.2) is 0 Å². The third kappa shape index (κ3) is 7.85. The van der Waals surface area contributed by atoms with Crippen LogP contribution in [0.2, 0.25) is 0 Å². The van der Waals surface area contributed by atoms with E-state index in [1.54, 1.807) is 0 Å². The van der Waals surface area contributed by atoms with Crippen molar-refractivity contribution in [3.05, 3.63) is 344 Å². The topological polar surface area (TPSA) is 3.24 Å². The van der Waals surface area contributed by atoms with Gasteiger partial charge >= 0.3 is 0 Å². The maximum absolute atomic E-state index is 2.47. The number of hydrogen-bond donors (Lipinski definition) is 0. The van der Waals surface area contributed by atoms with Gasteiger partial charge in [-0.1, -0.05) is 273 Å². The molecule has 0 unspecified atom stereocenters. The molecule has 0 bridgehead atoms. The minimum absolute atomic E-state index is 0.550. The van der Waals surface area contributed by atoms with Gasteiger partial charge in [0.25, 0.3) is 0 Å². The molecule has 1 nitrogen and oxygen atoms in total. The van der Waals surface area contributed by atoms with Crippen LogP contribution in [0.5, 0.6) is 0 Å². The van der Waals surface area contributed by atoms with Gasteiger partial charge in [0.1, 0.15) is 0 Å². The quantitative estimate of drug-likeness (QED) is 0.123. The van der Waals surface area contributed by atoms with Gasteiger partial charge in [-0.2, -0.15) is 0 Å². The van der Waals surface area contributed by atoms with Crippen molar-refractivity contribution in [1.29, 1.82) is 0 Å². The standard InChI is InChI=1S/C79H53N/c1-5-21-58(22-6-1)77-73-34-16-15-32-69(73)70-48-44-63(52-74(70)78(77)59-23-7-2-8-24-59)61-26-19-31-67(51-61)80(66-45-42-56(43-46-66)55-36-38-57(39-37-55)62-41-40-54-20-13-14-25-60(54)50-62)68-47-49-72-71-33-17-18-35-75(71)79(76(72)53-68,64-27-9-3-10-28-64)65-29-11-4-12-30-65/h1-53H. The molecule has 0 saturated carbocycles. The molecule has 0 radical (unpaired) electrons. The predicted molar refractivity (Wildman–Crippen MR) is 338 cm³/mol. The second-order valence-electron chi connectivity index (χ2n) is 21.1. The van der Waals surface area contributed by atoms with E-state index in [2.05, 4.69) is 326 Å². The van der Waals surface area contributed by atoms with Crippen molar-refractivity contribution in [3.63, 3.8) is 0 Å². The Kier molecular flexibility index (Phi) is 11.5. The Morgan fingerprint density at radius 2 is 0.662 bits per heavy atom. The van der Waals surface area contributed by atoms with E-state index in [1.807, 2.05) is 0 Å². The summed E-state index contributed by atoms with van der Waals surface area (Å²) >= 11 is 0. The summed E-state index contributed by atoms with van der Waals surface area (Å²) in [5.41, 5.74) is 22.2. The Bertz CT molecular complexity index is 4560. The molecule has 0 spiro atoms. The van der Waals surface area contributed by atoms with E-state index in [4.69, 9.17) is 0 Å². The Morgan fingerprint density at radius 3 is 1.35 bits per heavy atom. The highest BCUT2D eigenvalue weighted by atomic mass is 15.1. The number of benzene rings is 14. The van der Waals surface area contributed by atoms with Gasteiger partial charge in [0.05, 0.1) is 5.41 Å². The monoisotopic (exact) mass is 1020 g/mol.